The zero-order chi connectivity index (χ0) is 27.5. The second-order valence-corrected chi connectivity index (χ2v) is 10.1. The fraction of sp³-hybridized carbons (Fsp3) is 0.0345. The maximum atomic E-state index is 13.1. The molecule has 11 heteroatoms. The molecular weight excluding hydrogens is 578 g/mol. The third kappa shape index (κ3) is 5.69. The summed E-state index contributed by atoms with van der Waals surface area (Å²) in [6, 6.07) is 19.1. The SMILES string of the molecule is COC(=O)c1sc2ncccc2c1-c1ccc(F)cc1.Cl.O=C(O)c1sc2ncccc2c1-c1ccc(F)cc1. The van der Waals surface area contributed by atoms with Crippen molar-refractivity contribution in [3.05, 3.63) is 107 Å². The molecule has 0 aliphatic rings. The first kappa shape index (κ1) is 28.8. The number of halogens is 3. The van der Waals surface area contributed by atoms with Gasteiger partial charge < -0.3 is 9.84 Å². The monoisotopic (exact) mass is 596 g/mol. The van der Waals surface area contributed by atoms with E-state index in [1.165, 1.54) is 42.7 Å². The van der Waals surface area contributed by atoms with Crippen LogP contribution in [0.25, 0.3) is 42.7 Å². The maximum Gasteiger partial charge on any atom is 0.348 e. The van der Waals surface area contributed by atoms with E-state index in [2.05, 4.69) is 9.97 Å². The van der Waals surface area contributed by atoms with E-state index in [4.69, 9.17) is 4.74 Å². The quantitative estimate of drug-likeness (QED) is 0.207. The molecule has 6 nitrogen and oxygen atoms in total. The lowest BCUT2D eigenvalue weighted by Gasteiger charge is -2.03. The number of carboxylic acids is 1. The first-order valence-corrected chi connectivity index (χ1v) is 13.1. The average Bonchev–Trinajstić information content (AvgIpc) is 3.53. The predicted octanol–water partition coefficient (Wildman–Crippen LogP) is 8.11. The lowest BCUT2D eigenvalue weighted by atomic mass is 10.0. The Kier molecular flexibility index (Phi) is 8.83. The zero-order valence-corrected chi connectivity index (χ0v) is 23.1. The Labute approximate surface area is 241 Å². The second kappa shape index (κ2) is 12.3. The van der Waals surface area contributed by atoms with E-state index in [9.17, 15) is 23.5 Å². The van der Waals surface area contributed by atoms with Crippen molar-refractivity contribution < 1.29 is 28.2 Å². The molecule has 1 N–H and O–H groups in total. The van der Waals surface area contributed by atoms with Gasteiger partial charge in [0.15, 0.2) is 0 Å². The number of carbonyl (C=O) groups excluding carboxylic acids is 1. The van der Waals surface area contributed by atoms with Gasteiger partial charge in [-0.1, -0.05) is 24.3 Å². The van der Waals surface area contributed by atoms with Crippen molar-refractivity contribution in [1.29, 1.82) is 0 Å². The molecule has 6 rings (SSSR count). The number of nitrogens with zero attached hydrogens (tertiary/aromatic N) is 2. The summed E-state index contributed by atoms with van der Waals surface area (Å²) in [5, 5.41) is 10.9. The van der Waals surface area contributed by atoms with Gasteiger partial charge in [-0.3, -0.25) is 0 Å². The molecule has 0 aliphatic carbocycles. The van der Waals surface area contributed by atoms with Crippen LogP contribution in [0.5, 0.6) is 0 Å². The number of hydrogen-bond acceptors (Lipinski definition) is 7. The van der Waals surface area contributed by atoms with Gasteiger partial charge >= 0.3 is 11.9 Å². The highest BCUT2D eigenvalue weighted by molar-refractivity contribution is 7.21. The number of fused-ring (bicyclic) bond motifs is 2. The topological polar surface area (TPSA) is 89.4 Å². The van der Waals surface area contributed by atoms with Crippen LogP contribution in [0.4, 0.5) is 8.78 Å². The molecular formula is C29H19ClF2N2O4S2. The van der Waals surface area contributed by atoms with Gasteiger partial charge in [0.2, 0.25) is 0 Å². The molecule has 40 heavy (non-hydrogen) atoms. The molecule has 0 aliphatic heterocycles. The van der Waals surface area contributed by atoms with Crippen molar-refractivity contribution in [3.63, 3.8) is 0 Å². The number of rotatable bonds is 4. The van der Waals surface area contributed by atoms with Gasteiger partial charge in [0.05, 0.1) is 7.11 Å². The molecule has 0 saturated heterocycles. The summed E-state index contributed by atoms with van der Waals surface area (Å²) in [7, 11) is 1.34. The number of benzene rings is 2. The number of aromatic carboxylic acids is 1. The molecule has 0 radical (unpaired) electrons. The van der Waals surface area contributed by atoms with Crippen LogP contribution in [0, 0.1) is 11.6 Å². The molecule has 0 atom stereocenters. The number of ether oxygens (including phenoxy) is 1. The minimum Gasteiger partial charge on any atom is -0.477 e. The maximum absolute atomic E-state index is 13.1. The fourth-order valence-corrected chi connectivity index (χ4v) is 6.15. The zero-order valence-electron chi connectivity index (χ0n) is 20.6. The van der Waals surface area contributed by atoms with E-state index in [1.807, 2.05) is 18.2 Å². The van der Waals surface area contributed by atoms with Gasteiger partial charge in [-0.25, -0.2) is 28.3 Å². The van der Waals surface area contributed by atoms with Crippen LogP contribution < -0.4 is 0 Å². The number of carbonyl (C=O) groups is 2. The molecule has 202 valence electrons. The lowest BCUT2D eigenvalue weighted by molar-refractivity contribution is 0.0606. The van der Waals surface area contributed by atoms with E-state index >= 15 is 0 Å². The average molecular weight is 597 g/mol. The highest BCUT2D eigenvalue weighted by Crippen LogP contribution is 2.39. The highest BCUT2D eigenvalue weighted by Gasteiger charge is 2.21. The third-order valence-corrected chi connectivity index (χ3v) is 7.96. The van der Waals surface area contributed by atoms with Gasteiger partial charge in [0, 0.05) is 34.3 Å². The van der Waals surface area contributed by atoms with Gasteiger partial charge in [-0.05, 0) is 59.7 Å². The predicted molar refractivity (Wildman–Crippen MR) is 156 cm³/mol. The van der Waals surface area contributed by atoms with Crippen LogP contribution in [-0.4, -0.2) is 34.1 Å². The Bertz CT molecular complexity index is 1820. The largest absolute Gasteiger partial charge is 0.477 e. The molecule has 0 saturated carbocycles. The first-order chi connectivity index (χ1) is 18.9. The lowest BCUT2D eigenvalue weighted by Crippen LogP contribution is -1.99. The van der Waals surface area contributed by atoms with Crippen molar-refractivity contribution in [2.45, 2.75) is 0 Å². The Hall–Kier alpha value is -4.25. The van der Waals surface area contributed by atoms with Crippen LogP contribution in [0.2, 0.25) is 0 Å². The van der Waals surface area contributed by atoms with E-state index in [1.54, 1.807) is 42.7 Å². The molecule has 4 heterocycles. The molecule has 0 bridgehead atoms. The normalized spacial score (nSPS) is 10.5. The summed E-state index contributed by atoms with van der Waals surface area (Å²) in [4.78, 5) is 33.8. The van der Waals surface area contributed by atoms with Gasteiger partial charge in [0.1, 0.15) is 31.0 Å². The van der Waals surface area contributed by atoms with E-state index in [0.29, 0.717) is 20.8 Å². The number of esters is 1. The number of aromatic nitrogens is 2. The van der Waals surface area contributed by atoms with Crippen molar-refractivity contribution in [2.24, 2.45) is 0 Å². The highest BCUT2D eigenvalue weighted by atomic mass is 35.5. The van der Waals surface area contributed by atoms with E-state index in [-0.39, 0.29) is 28.9 Å². The Morgan fingerprint density at radius 1 is 0.725 bits per heavy atom. The summed E-state index contributed by atoms with van der Waals surface area (Å²) in [5.74, 6) is -2.07. The van der Waals surface area contributed by atoms with E-state index < -0.39 is 11.9 Å². The number of methoxy groups -OCH3 is 1. The minimum absolute atomic E-state index is 0. The molecule has 0 amide bonds. The Morgan fingerprint density at radius 3 is 1.57 bits per heavy atom. The van der Waals surface area contributed by atoms with Crippen LogP contribution >= 0.6 is 35.1 Å². The second-order valence-electron chi connectivity index (χ2n) is 8.14. The van der Waals surface area contributed by atoms with Crippen molar-refractivity contribution in [1.82, 2.24) is 9.97 Å². The summed E-state index contributed by atoms with van der Waals surface area (Å²) in [5.41, 5.74) is 2.79. The standard InChI is InChI=1S/C15H10FNO2S.C14H8FNO2S.ClH/c1-19-15(18)13-12(9-4-6-10(16)7-5-9)11-3-2-8-17-14(11)20-13;15-9-5-3-8(4-6-9)11-10-2-1-7-16-13(10)19-12(11)14(17)18;/h2-8H,1H3;1-7H,(H,17,18);1H. The number of pyridine rings is 2. The van der Waals surface area contributed by atoms with Crippen molar-refractivity contribution in [2.75, 3.05) is 7.11 Å². The van der Waals surface area contributed by atoms with Crippen LogP contribution in [0.3, 0.4) is 0 Å². The summed E-state index contributed by atoms with van der Waals surface area (Å²) in [6.45, 7) is 0. The minimum atomic E-state index is -0.998. The summed E-state index contributed by atoms with van der Waals surface area (Å²) in [6.07, 6.45) is 3.30. The molecule has 0 fully saturated rings. The Morgan fingerprint density at radius 2 is 1.15 bits per heavy atom. The Balaban J connectivity index is 0.000000181. The van der Waals surface area contributed by atoms with Gasteiger partial charge in [-0.15, -0.1) is 35.1 Å². The van der Waals surface area contributed by atoms with Crippen LogP contribution in [-0.2, 0) is 4.74 Å². The van der Waals surface area contributed by atoms with Crippen LogP contribution in [0.1, 0.15) is 19.3 Å². The summed E-state index contributed by atoms with van der Waals surface area (Å²) >= 11 is 2.40. The van der Waals surface area contributed by atoms with Gasteiger partial charge in [0.25, 0.3) is 0 Å². The number of thiophene rings is 2. The third-order valence-electron chi connectivity index (χ3n) is 5.76. The van der Waals surface area contributed by atoms with E-state index in [0.717, 1.165) is 38.1 Å². The van der Waals surface area contributed by atoms with Crippen LogP contribution in [0.15, 0.2) is 85.2 Å². The molecule has 6 aromatic rings. The summed E-state index contributed by atoms with van der Waals surface area (Å²) < 4.78 is 30.9. The molecule has 4 aromatic heterocycles. The van der Waals surface area contributed by atoms with Crippen molar-refractivity contribution >= 4 is 67.5 Å². The molecule has 2 aromatic carbocycles. The fourth-order valence-electron chi connectivity index (χ4n) is 4.06. The first-order valence-electron chi connectivity index (χ1n) is 11.5. The number of carboxylic acid groups (broad SMARTS) is 1. The molecule has 0 spiro atoms. The number of hydrogen-bond donors (Lipinski definition) is 1. The molecule has 0 unspecified atom stereocenters. The smallest absolute Gasteiger partial charge is 0.348 e. The van der Waals surface area contributed by atoms with Crippen molar-refractivity contribution in [3.8, 4) is 22.3 Å². The van der Waals surface area contributed by atoms with Gasteiger partial charge in [-0.2, -0.15) is 0 Å².